The molecule has 8 nitrogen and oxygen atoms in total. The Hall–Kier alpha value is -2.16. The van der Waals surface area contributed by atoms with Gasteiger partial charge in [0.05, 0.1) is 13.2 Å². The predicted molar refractivity (Wildman–Crippen MR) is 124 cm³/mol. The van der Waals surface area contributed by atoms with Crippen LogP contribution in [0.25, 0.3) is 0 Å². The Morgan fingerprint density at radius 2 is 1.75 bits per heavy atom. The lowest BCUT2D eigenvalue weighted by atomic mass is 10.1. The number of piperazine rings is 1. The molecule has 178 valence electrons. The number of hydrogen-bond donors (Lipinski definition) is 1. The molecule has 0 saturated carbocycles. The van der Waals surface area contributed by atoms with Gasteiger partial charge in [-0.3, -0.25) is 14.6 Å². The molecule has 0 aliphatic carbocycles. The lowest BCUT2D eigenvalue weighted by Gasteiger charge is -2.35. The molecule has 3 rings (SSSR count). The summed E-state index contributed by atoms with van der Waals surface area (Å²) >= 11 is 0. The summed E-state index contributed by atoms with van der Waals surface area (Å²) in [4.78, 5) is 31.2. The van der Waals surface area contributed by atoms with Gasteiger partial charge in [-0.25, -0.2) is 4.79 Å². The quantitative estimate of drug-likeness (QED) is 0.648. The highest BCUT2D eigenvalue weighted by molar-refractivity contribution is 5.94. The van der Waals surface area contributed by atoms with E-state index < -0.39 is 5.60 Å². The minimum atomic E-state index is -0.464. The normalized spacial score (nSPS) is 18.4. The molecule has 8 heteroatoms. The van der Waals surface area contributed by atoms with Gasteiger partial charge in [0.25, 0.3) is 5.91 Å². The third-order valence-corrected chi connectivity index (χ3v) is 5.66. The highest BCUT2D eigenvalue weighted by Crippen LogP contribution is 2.12. The molecule has 0 unspecified atom stereocenters. The highest BCUT2D eigenvalue weighted by atomic mass is 16.6. The third kappa shape index (κ3) is 8.07. The van der Waals surface area contributed by atoms with Gasteiger partial charge in [-0.2, -0.15) is 0 Å². The first-order valence-electron chi connectivity index (χ1n) is 11.7. The molecule has 2 aliphatic heterocycles. The Labute approximate surface area is 191 Å². The first-order valence-corrected chi connectivity index (χ1v) is 11.7. The zero-order chi connectivity index (χ0) is 23.0. The van der Waals surface area contributed by atoms with E-state index in [9.17, 15) is 9.59 Å². The van der Waals surface area contributed by atoms with Gasteiger partial charge < -0.3 is 19.7 Å². The van der Waals surface area contributed by atoms with Crippen LogP contribution in [0.3, 0.4) is 0 Å². The number of ether oxygens (including phenoxy) is 2. The van der Waals surface area contributed by atoms with Crippen LogP contribution in [-0.4, -0.2) is 97.9 Å². The SMILES string of the molecule is CC(C)(C)OC(=O)N1CCN(CCCNC(=O)c2cccc(CN3CCOCC3)c2)CC1. The molecule has 1 aromatic rings. The molecule has 0 aromatic heterocycles. The van der Waals surface area contributed by atoms with Crippen molar-refractivity contribution < 1.29 is 19.1 Å². The van der Waals surface area contributed by atoms with Crippen LogP contribution in [0.2, 0.25) is 0 Å². The van der Waals surface area contributed by atoms with Crippen molar-refractivity contribution >= 4 is 12.0 Å². The molecule has 0 radical (unpaired) electrons. The first-order chi connectivity index (χ1) is 15.3. The van der Waals surface area contributed by atoms with E-state index in [1.807, 2.05) is 39.0 Å². The van der Waals surface area contributed by atoms with Crippen LogP contribution >= 0.6 is 0 Å². The van der Waals surface area contributed by atoms with Crippen molar-refractivity contribution in [3.05, 3.63) is 35.4 Å². The van der Waals surface area contributed by atoms with Crippen LogP contribution in [-0.2, 0) is 16.0 Å². The molecule has 0 spiro atoms. The smallest absolute Gasteiger partial charge is 0.410 e. The molecule has 1 aromatic carbocycles. The number of nitrogens with one attached hydrogen (secondary N) is 1. The Bertz CT molecular complexity index is 751. The fourth-order valence-corrected chi connectivity index (χ4v) is 3.92. The standard InChI is InChI=1S/C24H38N4O4/c1-24(2,3)32-23(30)28-12-10-26(11-13-28)9-5-8-25-22(29)21-7-4-6-20(18-21)19-27-14-16-31-17-15-27/h4,6-7,18H,5,8-17,19H2,1-3H3,(H,25,29). The number of amides is 2. The van der Waals surface area contributed by atoms with Gasteiger partial charge in [-0.15, -0.1) is 0 Å². The first kappa shape index (κ1) is 24.5. The number of carbonyl (C=O) groups is 2. The van der Waals surface area contributed by atoms with E-state index in [1.54, 1.807) is 4.90 Å². The molecule has 0 atom stereocenters. The highest BCUT2D eigenvalue weighted by Gasteiger charge is 2.25. The Morgan fingerprint density at radius 1 is 1.03 bits per heavy atom. The second kappa shape index (κ2) is 11.6. The fourth-order valence-electron chi connectivity index (χ4n) is 3.92. The predicted octanol–water partition coefficient (Wildman–Crippen LogP) is 2.19. The van der Waals surface area contributed by atoms with Gasteiger partial charge in [-0.05, 0) is 51.4 Å². The zero-order valence-corrected chi connectivity index (χ0v) is 19.8. The lowest BCUT2D eigenvalue weighted by molar-refractivity contribution is 0.0144. The Kier molecular flexibility index (Phi) is 8.90. The molecule has 2 heterocycles. The molecule has 0 bridgehead atoms. The van der Waals surface area contributed by atoms with Crippen LogP contribution in [0.5, 0.6) is 0 Å². The summed E-state index contributed by atoms with van der Waals surface area (Å²) in [5.41, 5.74) is 1.40. The van der Waals surface area contributed by atoms with E-state index in [2.05, 4.69) is 21.2 Å². The maximum atomic E-state index is 12.6. The zero-order valence-electron chi connectivity index (χ0n) is 19.8. The molecule has 32 heavy (non-hydrogen) atoms. The van der Waals surface area contributed by atoms with Gasteiger partial charge >= 0.3 is 6.09 Å². The minimum absolute atomic E-state index is 0.0245. The summed E-state index contributed by atoms with van der Waals surface area (Å²) < 4.78 is 10.8. The minimum Gasteiger partial charge on any atom is -0.444 e. The van der Waals surface area contributed by atoms with Crippen molar-refractivity contribution in [3.63, 3.8) is 0 Å². The molecule has 2 saturated heterocycles. The van der Waals surface area contributed by atoms with Gasteiger partial charge in [0.2, 0.25) is 0 Å². The number of benzene rings is 1. The molecule has 2 fully saturated rings. The van der Waals surface area contributed by atoms with Gasteiger partial charge in [0.1, 0.15) is 5.60 Å². The maximum Gasteiger partial charge on any atom is 0.410 e. The van der Waals surface area contributed by atoms with Crippen molar-refractivity contribution in [1.29, 1.82) is 0 Å². The largest absolute Gasteiger partial charge is 0.444 e. The number of carbonyl (C=O) groups excluding carboxylic acids is 2. The molecule has 1 N–H and O–H groups in total. The summed E-state index contributed by atoms with van der Waals surface area (Å²) in [7, 11) is 0. The number of morpholine rings is 1. The van der Waals surface area contributed by atoms with Gasteiger partial charge in [-0.1, -0.05) is 12.1 Å². The number of hydrogen-bond acceptors (Lipinski definition) is 6. The van der Waals surface area contributed by atoms with E-state index in [1.165, 1.54) is 0 Å². The van der Waals surface area contributed by atoms with E-state index in [0.29, 0.717) is 25.2 Å². The molecular weight excluding hydrogens is 408 g/mol. The van der Waals surface area contributed by atoms with Crippen LogP contribution in [0.1, 0.15) is 43.1 Å². The fraction of sp³-hybridized carbons (Fsp3) is 0.667. The van der Waals surface area contributed by atoms with Crippen molar-refractivity contribution in [2.75, 3.05) is 65.6 Å². The summed E-state index contributed by atoms with van der Waals surface area (Å²) in [6.45, 7) is 14.5. The molecular formula is C24H38N4O4. The molecule has 2 aliphatic rings. The maximum absolute atomic E-state index is 12.6. The van der Waals surface area contributed by atoms with E-state index in [4.69, 9.17) is 9.47 Å². The van der Waals surface area contributed by atoms with Crippen LogP contribution in [0.4, 0.5) is 4.79 Å². The van der Waals surface area contributed by atoms with E-state index in [-0.39, 0.29) is 12.0 Å². The number of rotatable bonds is 7. The Morgan fingerprint density at radius 3 is 2.44 bits per heavy atom. The van der Waals surface area contributed by atoms with Crippen LogP contribution in [0, 0.1) is 0 Å². The third-order valence-electron chi connectivity index (χ3n) is 5.66. The lowest BCUT2D eigenvalue weighted by Crippen LogP contribution is -2.50. The van der Waals surface area contributed by atoms with E-state index >= 15 is 0 Å². The monoisotopic (exact) mass is 446 g/mol. The van der Waals surface area contributed by atoms with Crippen molar-refractivity contribution in [2.45, 2.75) is 39.3 Å². The number of nitrogens with zero attached hydrogens (tertiary/aromatic N) is 3. The van der Waals surface area contributed by atoms with Crippen LogP contribution in [0.15, 0.2) is 24.3 Å². The average molecular weight is 447 g/mol. The van der Waals surface area contributed by atoms with E-state index in [0.717, 1.165) is 64.5 Å². The summed E-state index contributed by atoms with van der Waals surface area (Å²) in [5, 5.41) is 3.04. The second-order valence-electron chi connectivity index (χ2n) is 9.51. The van der Waals surface area contributed by atoms with Gasteiger partial charge in [0.15, 0.2) is 0 Å². The van der Waals surface area contributed by atoms with Crippen molar-refractivity contribution in [2.24, 2.45) is 0 Å². The second-order valence-corrected chi connectivity index (χ2v) is 9.51. The summed E-state index contributed by atoms with van der Waals surface area (Å²) in [5.74, 6) is -0.0245. The average Bonchev–Trinajstić information content (AvgIpc) is 2.77. The molecule has 2 amide bonds. The topological polar surface area (TPSA) is 74.4 Å². The van der Waals surface area contributed by atoms with Crippen molar-refractivity contribution in [1.82, 2.24) is 20.0 Å². The van der Waals surface area contributed by atoms with Crippen molar-refractivity contribution in [3.8, 4) is 0 Å². The van der Waals surface area contributed by atoms with Gasteiger partial charge in [0, 0.05) is 57.9 Å². The Balaban J connectivity index is 1.33. The van der Waals surface area contributed by atoms with Crippen LogP contribution < -0.4 is 5.32 Å². The summed E-state index contributed by atoms with van der Waals surface area (Å²) in [6, 6.07) is 7.88. The summed E-state index contributed by atoms with van der Waals surface area (Å²) in [6.07, 6.45) is 0.645.